The van der Waals surface area contributed by atoms with E-state index in [1.54, 1.807) is 16.8 Å². The SMILES string of the molecule is O=Cc1cccc(-n2cc(-c3ccccc3)nn2)c1. The molecule has 0 aliphatic carbocycles. The van der Waals surface area contributed by atoms with E-state index in [-0.39, 0.29) is 0 Å². The Hall–Kier alpha value is -2.75. The van der Waals surface area contributed by atoms with E-state index in [0.717, 1.165) is 23.2 Å². The van der Waals surface area contributed by atoms with Crippen LogP contribution in [0.3, 0.4) is 0 Å². The predicted molar refractivity (Wildman–Crippen MR) is 72.2 cm³/mol. The molecule has 1 aromatic heterocycles. The van der Waals surface area contributed by atoms with Crippen molar-refractivity contribution in [1.82, 2.24) is 15.0 Å². The Bertz CT molecular complexity index is 704. The Morgan fingerprint density at radius 3 is 2.63 bits per heavy atom. The second-order valence-electron chi connectivity index (χ2n) is 4.13. The number of nitrogens with zero attached hydrogens (tertiary/aromatic N) is 3. The Labute approximate surface area is 110 Å². The normalized spacial score (nSPS) is 10.3. The van der Waals surface area contributed by atoms with Gasteiger partial charge in [-0.2, -0.15) is 0 Å². The van der Waals surface area contributed by atoms with Crippen molar-refractivity contribution in [2.45, 2.75) is 0 Å². The average molecular weight is 249 g/mol. The van der Waals surface area contributed by atoms with Gasteiger partial charge in [-0.05, 0) is 12.1 Å². The number of aldehydes is 1. The molecule has 92 valence electrons. The summed E-state index contributed by atoms with van der Waals surface area (Å²) in [5.41, 5.74) is 3.26. The summed E-state index contributed by atoms with van der Waals surface area (Å²) in [5.74, 6) is 0. The second kappa shape index (κ2) is 4.86. The van der Waals surface area contributed by atoms with Gasteiger partial charge in [-0.25, -0.2) is 4.68 Å². The largest absolute Gasteiger partial charge is 0.298 e. The fourth-order valence-electron chi connectivity index (χ4n) is 1.87. The quantitative estimate of drug-likeness (QED) is 0.670. The van der Waals surface area contributed by atoms with Crippen molar-refractivity contribution >= 4 is 6.29 Å². The van der Waals surface area contributed by atoms with Gasteiger partial charge in [0.1, 0.15) is 12.0 Å². The monoisotopic (exact) mass is 249 g/mol. The summed E-state index contributed by atoms with van der Waals surface area (Å²) in [4.78, 5) is 10.8. The maximum Gasteiger partial charge on any atom is 0.150 e. The molecule has 0 aliphatic rings. The molecule has 1 heterocycles. The van der Waals surface area contributed by atoms with Crippen molar-refractivity contribution in [2.24, 2.45) is 0 Å². The predicted octanol–water partition coefficient (Wildman–Crippen LogP) is 2.75. The zero-order valence-electron chi connectivity index (χ0n) is 10.1. The molecule has 0 fully saturated rings. The number of hydrogen-bond acceptors (Lipinski definition) is 3. The maximum atomic E-state index is 10.8. The highest BCUT2D eigenvalue weighted by atomic mass is 16.1. The molecular formula is C15H11N3O. The fourth-order valence-corrected chi connectivity index (χ4v) is 1.87. The molecule has 3 aromatic rings. The number of rotatable bonds is 3. The van der Waals surface area contributed by atoms with Crippen LogP contribution in [-0.4, -0.2) is 21.3 Å². The van der Waals surface area contributed by atoms with Crippen LogP contribution in [0.4, 0.5) is 0 Å². The topological polar surface area (TPSA) is 47.8 Å². The van der Waals surface area contributed by atoms with E-state index in [2.05, 4.69) is 10.3 Å². The third-order valence-electron chi connectivity index (χ3n) is 2.83. The van der Waals surface area contributed by atoms with Crippen LogP contribution in [0.25, 0.3) is 16.9 Å². The minimum absolute atomic E-state index is 0.620. The zero-order valence-corrected chi connectivity index (χ0v) is 10.1. The Kier molecular flexibility index (Phi) is 2.90. The summed E-state index contributed by atoms with van der Waals surface area (Å²) < 4.78 is 1.66. The van der Waals surface area contributed by atoms with Crippen molar-refractivity contribution < 1.29 is 4.79 Å². The Balaban J connectivity index is 1.99. The molecule has 0 saturated heterocycles. The molecule has 0 spiro atoms. The van der Waals surface area contributed by atoms with Gasteiger partial charge in [0.15, 0.2) is 0 Å². The van der Waals surface area contributed by atoms with E-state index >= 15 is 0 Å². The third-order valence-corrected chi connectivity index (χ3v) is 2.83. The first kappa shape index (κ1) is 11.3. The van der Waals surface area contributed by atoms with Crippen LogP contribution in [-0.2, 0) is 0 Å². The number of carbonyl (C=O) groups excluding carboxylic acids is 1. The van der Waals surface area contributed by atoms with Crippen molar-refractivity contribution in [3.8, 4) is 16.9 Å². The molecule has 0 N–H and O–H groups in total. The molecule has 0 saturated carbocycles. The maximum absolute atomic E-state index is 10.8. The Morgan fingerprint density at radius 2 is 1.84 bits per heavy atom. The van der Waals surface area contributed by atoms with E-state index in [1.807, 2.05) is 48.7 Å². The molecule has 2 aromatic carbocycles. The van der Waals surface area contributed by atoms with E-state index in [4.69, 9.17) is 0 Å². The third kappa shape index (κ3) is 2.28. The summed E-state index contributed by atoms with van der Waals surface area (Å²) in [7, 11) is 0. The molecule has 0 radical (unpaired) electrons. The first-order valence-electron chi connectivity index (χ1n) is 5.90. The molecule has 3 rings (SSSR count). The van der Waals surface area contributed by atoms with Crippen molar-refractivity contribution in [3.05, 3.63) is 66.4 Å². The standard InChI is InChI=1S/C15H11N3O/c19-11-12-5-4-8-14(9-12)18-10-15(16-17-18)13-6-2-1-3-7-13/h1-11H. The van der Waals surface area contributed by atoms with E-state index in [9.17, 15) is 4.79 Å². The van der Waals surface area contributed by atoms with Crippen molar-refractivity contribution in [1.29, 1.82) is 0 Å². The van der Waals surface area contributed by atoms with Gasteiger partial charge in [-0.15, -0.1) is 5.10 Å². The van der Waals surface area contributed by atoms with Gasteiger partial charge in [0.25, 0.3) is 0 Å². The summed E-state index contributed by atoms with van der Waals surface area (Å²) in [6.45, 7) is 0. The number of carbonyl (C=O) groups is 1. The first-order chi connectivity index (χ1) is 9.36. The molecule has 4 nitrogen and oxygen atoms in total. The molecule has 0 amide bonds. The van der Waals surface area contributed by atoms with Crippen LogP contribution in [0.5, 0.6) is 0 Å². The molecule has 0 atom stereocenters. The molecule has 0 aliphatic heterocycles. The minimum Gasteiger partial charge on any atom is -0.298 e. The van der Waals surface area contributed by atoms with Gasteiger partial charge < -0.3 is 0 Å². The minimum atomic E-state index is 0.620. The molecular weight excluding hydrogens is 238 g/mol. The van der Waals surface area contributed by atoms with Gasteiger partial charge in [0, 0.05) is 11.1 Å². The van der Waals surface area contributed by atoms with Gasteiger partial charge in [0.05, 0.1) is 11.9 Å². The lowest BCUT2D eigenvalue weighted by Gasteiger charge is -1.99. The van der Waals surface area contributed by atoms with Crippen molar-refractivity contribution in [2.75, 3.05) is 0 Å². The highest BCUT2D eigenvalue weighted by Crippen LogP contribution is 2.17. The van der Waals surface area contributed by atoms with Gasteiger partial charge >= 0.3 is 0 Å². The fraction of sp³-hybridized carbons (Fsp3) is 0. The first-order valence-corrected chi connectivity index (χ1v) is 5.90. The molecule has 0 bridgehead atoms. The molecule has 19 heavy (non-hydrogen) atoms. The highest BCUT2D eigenvalue weighted by Gasteiger charge is 2.05. The van der Waals surface area contributed by atoms with Gasteiger partial charge in [-0.1, -0.05) is 47.7 Å². The van der Waals surface area contributed by atoms with Gasteiger partial charge in [0.2, 0.25) is 0 Å². The average Bonchev–Trinajstić information content (AvgIpc) is 2.98. The number of aromatic nitrogens is 3. The summed E-state index contributed by atoms with van der Waals surface area (Å²) in [6.07, 6.45) is 2.66. The second-order valence-corrected chi connectivity index (χ2v) is 4.13. The van der Waals surface area contributed by atoms with E-state index < -0.39 is 0 Å². The summed E-state index contributed by atoms with van der Waals surface area (Å²) in [6, 6.07) is 17.1. The molecule has 0 unspecified atom stereocenters. The van der Waals surface area contributed by atoms with E-state index in [0.29, 0.717) is 5.56 Å². The zero-order chi connectivity index (χ0) is 13.1. The van der Waals surface area contributed by atoms with Crippen LogP contribution in [0.1, 0.15) is 10.4 Å². The Morgan fingerprint density at radius 1 is 1.00 bits per heavy atom. The van der Waals surface area contributed by atoms with Crippen LogP contribution >= 0.6 is 0 Å². The summed E-state index contributed by atoms with van der Waals surface area (Å²) >= 11 is 0. The van der Waals surface area contributed by atoms with Crippen LogP contribution in [0, 0.1) is 0 Å². The van der Waals surface area contributed by atoms with Crippen LogP contribution < -0.4 is 0 Å². The smallest absolute Gasteiger partial charge is 0.150 e. The summed E-state index contributed by atoms with van der Waals surface area (Å²) in [5, 5.41) is 8.23. The highest BCUT2D eigenvalue weighted by molar-refractivity contribution is 5.75. The lowest BCUT2D eigenvalue weighted by molar-refractivity contribution is 0.112. The van der Waals surface area contributed by atoms with Crippen LogP contribution in [0.15, 0.2) is 60.8 Å². The van der Waals surface area contributed by atoms with E-state index in [1.165, 1.54) is 0 Å². The van der Waals surface area contributed by atoms with Crippen LogP contribution in [0.2, 0.25) is 0 Å². The van der Waals surface area contributed by atoms with Crippen molar-refractivity contribution in [3.63, 3.8) is 0 Å². The lowest BCUT2D eigenvalue weighted by Crippen LogP contribution is -1.95. The van der Waals surface area contributed by atoms with Gasteiger partial charge in [-0.3, -0.25) is 4.79 Å². The molecule has 4 heteroatoms. The number of hydrogen-bond donors (Lipinski definition) is 0. The number of benzene rings is 2. The lowest BCUT2D eigenvalue weighted by atomic mass is 10.2.